The van der Waals surface area contributed by atoms with E-state index < -0.39 is 0 Å². The molecule has 1 aromatic heterocycles. The molecule has 0 bridgehead atoms. The highest BCUT2D eigenvalue weighted by molar-refractivity contribution is 9.10. The fourth-order valence-electron chi connectivity index (χ4n) is 2.97. The van der Waals surface area contributed by atoms with E-state index >= 15 is 0 Å². The van der Waals surface area contributed by atoms with Gasteiger partial charge in [-0.3, -0.25) is 4.79 Å². The summed E-state index contributed by atoms with van der Waals surface area (Å²) in [7, 11) is 0. The Morgan fingerprint density at radius 2 is 1.54 bits per heavy atom. The average molecular weight is 426 g/mol. The van der Waals surface area contributed by atoms with Gasteiger partial charge in [0.25, 0.3) is 5.56 Å². The number of fused-ring (bicyclic) bond motifs is 1. The number of halogens is 2. The monoisotopic (exact) mass is 424 g/mol. The zero-order chi connectivity index (χ0) is 18.1. The van der Waals surface area contributed by atoms with Crippen LogP contribution in [-0.4, -0.2) is 9.78 Å². The molecule has 0 saturated heterocycles. The second kappa shape index (κ2) is 7.06. The Labute approximate surface area is 164 Å². The zero-order valence-electron chi connectivity index (χ0n) is 13.7. The Hall–Kier alpha value is -2.43. The first-order valence-corrected chi connectivity index (χ1v) is 9.31. The molecule has 1 heterocycles. The number of aromatic nitrogens is 2. The number of nitrogens with zero attached hydrogens (tertiary/aromatic N) is 2. The molecule has 4 rings (SSSR count). The van der Waals surface area contributed by atoms with Gasteiger partial charge in [-0.2, -0.15) is 9.78 Å². The van der Waals surface area contributed by atoms with Gasteiger partial charge in [-0.25, -0.2) is 0 Å². The van der Waals surface area contributed by atoms with Crippen molar-refractivity contribution in [3.63, 3.8) is 0 Å². The smallest absolute Gasteiger partial charge is 0.267 e. The molecule has 0 spiro atoms. The highest BCUT2D eigenvalue weighted by Gasteiger charge is 2.13. The highest BCUT2D eigenvalue weighted by atomic mass is 79.9. The minimum atomic E-state index is -0.133. The minimum Gasteiger partial charge on any atom is -0.267 e. The summed E-state index contributed by atoms with van der Waals surface area (Å²) < 4.78 is 2.41. The molecule has 0 radical (unpaired) electrons. The van der Waals surface area contributed by atoms with Gasteiger partial charge in [0.1, 0.15) is 0 Å². The average Bonchev–Trinajstić information content (AvgIpc) is 2.67. The van der Waals surface area contributed by atoms with E-state index in [9.17, 15) is 4.79 Å². The molecule has 26 heavy (non-hydrogen) atoms. The van der Waals surface area contributed by atoms with E-state index in [1.54, 1.807) is 0 Å². The second-order valence-electron chi connectivity index (χ2n) is 5.95. The van der Waals surface area contributed by atoms with Gasteiger partial charge in [0.2, 0.25) is 0 Å². The highest BCUT2D eigenvalue weighted by Crippen LogP contribution is 2.22. The van der Waals surface area contributed by atoms with Crippen molar-refractivity contribution in [1.82, 2.24) is 9.78 Å². The normalized spacial score (nSPS) is 11.0. The summed E-state index contributed by atoms with van der Waals surface area (Å²) in [6.07, 6.45) is 0.553. The molecule has 0 aliphatic heterocycles. The van der Waals surface area contributed by atoms with Crippen LogP contribution < -0.4 is 5.56 Å². The first-order valence-electron chi connectivity index (χ1n) is 8.14. The van der Waals surface area contributed by atoms with Crippen molar-refractivity contribution in [2.24, 2.45) is 0 Å². The SMILES string of the molecule is O=c1c2ccccc2c(Cc2ccccc2Cl)nn1-c1ccc(Br)cc1. The Balaban J connectivity index is 1.94. The van der Waals surface area contributed by atoms with Crippen LogP contribution in [0.2, 0.25) is 5.02 Å². The van der Waals surface area contributed by atoms with E-state index in [0.29, 0.717) is 16.8 Å². The molecule has 0 saturated carbocycles. The quantitative estimate of drug-likeness (QED) is 0.441. The number of hydrogen-bond acceptors (Lipinski definition) is 2. The topological polar surface area (TPSA) is 34.9 Å². The third-order valence-corrected chi connectivity index (χ3v) is 5.17. The summed E-state index contributed by atoms with van der Waals surface area (Å²) in [6.45, 7) is 0. The van der Waals surface area contributed by atoms with Crippen molar-refractivity contribution in [2.75, 3.05) is 0 Å². The van der Waals surface area contributed by atoms with Gasteiger partial charge in [0.05, 0.1) is 16.8 Å². The van der Waals surface area contributed by atoms with Crippen molar-refractivity contribution >= 4 is 38.3 Å². The van der Waals surface area contributed by atoms with E-state index in [-0.39, 0.29) is 5.56 Å². The fraction of sp³-hybridized carbons (Fsp3) is 0.0476. The number of rotatable bonds is 3. The molecule has 0 aliphatic rings. The third-order valence-electron chi connectivity index (χ3n) is 4.27. The van der Waals surface area contributed by atoms with Gasteiger partial charge in [0, 0.05) is 21.3 Å². The van der Waals surface area contributed by atoms with E-state index in [0.717, 1.165) is 26.8 Å². The lowest BCUT2D eigenvalue weighted by Crippen LogP contribution is -2.23. The summed E-state index contributed by atoms with van der Waals surface area (Å²) in [6, 6.07) is 22.8. The molecule has 3 nitrogen and oxygen atoms in total. The third kappa shape index (κ3) is 3.18. The lowest BCUT2D eigenvalue weighted by Gasteiger charge is -2.12. The van der Waals surface area contributed by atoms with Crippen LogP contribution in [0.4, 0.5) is 0 Å². The molecule has 0 atom stereocenters. The lowest BCUT2D eigenvalue weighted by molar-refractivity contribution is 0.787. The first-order chi connectivity index (χ1) is 12.6. The molecule has 0 fully saturated rings. The van der Waals surface area contributed by atoms with E-state index in [1.807, 2.05) is 72.8 Å². The molecule has 128 valence electrons. The Kier molecular flexibility index (Phi) is 4.62. The van der Waals surface area contributed by atoms with E-state index in [1.165, 1.54) is 4.68 Å². The van der Waals surface area contributed by atoms with Crippen molar-refractivity contribution in [3.05, 3.63) is 104 Å². The molecule has 4 aromatic rings. The zero-order valence-corrected chi connectivity index (χ0v) is 16.0. The molecule has 3 aromatic carbocycles. The van der Waals surface area contributed by atoms with Crippen LogP contribution in [0.15, 0.2) is 82.1 Å². The molecule has 5 heteroatoms. The van der Waals surface area contributed by atoms with Crippen LogP contribution in [0.25, 0.3) is 16.5 Å². The Morgan fingerprint density at radius 1 is 0.885 bits per heavy atom. The van der Waals surface area contributed by atoms with E-state index in [2.05, 4.69) is 21.0 Å². The maximum atomic E-state index is 12.9. The number of hydrogen-bond donors (Lipinski definition) is 0. The van der Waals surface area contributed by atoms with Gasteiger partial charge in [-0.1, -0.05) is 63.9 Å². The fourth-order valence-corrected chi connectivity index (χ4v) is 3.43. The second-order valence-corrected chi connectivity index (χ2v) is 7.28. The summed E-state index contributed by atoms with van der Waals surface area (Å²) in [5.41, 5.74) is 2.39. The van der Waals surface area contributed by atoms with Crippen LogP contribution in [0, 0.1) is 0 Å². The van der Waals surface area contributed by atoms with E-state index in [4.69, 9.17) is 11.6 Å². The lowest BCUT2D eigenvalue weighted by atomic mass is 10.0. The Morgan fingerprint density at radius 3 is 2.27 bits per heavy atom. The molecular weight excluding hydrogens is 412 g/mol. The first kappa shape index (κ1) is 17.0. The van der Waals surface area contributed by atoms with Crippen LogP contribution in [-0.2, 0) is 6.42 Å². The van der Waals surface area contributed by atoms with Crippen LogP contribution in [0.1, 0.15) is 11.3 Å². The summed E-state index contributed by atoms with van der Waals surface area (Å²) in [4.78, 5) is 12.9. The van der Waals surface area contributed by atoms with Crippen LogP contribution in [0.5, 0.6) is 0 Å². The maximum absolute atomic E-state index is 12.9. The predicted octanol–water partition coefficient (Wildman–Crippen LogP) is 5.39. The largest absolute Gasteiger partial charge is 0.279 e. The predicted molar refractivity (Wildman–Crippen MR) is 109 cm³/mol. The summed E-state index contributed by atoms with van der Waals surface area (Å²) in [5.74, 6) is 0. The van der Waals surface area contributed by atoms with Crippen LogP contribution in [0.3, 0.4) is 0 Å². The van der Waals surface area contributed by atoms with Gasteiger partial charge in [0.15, 0.2) is 0 Å². The standard InChI is InChI=1S/C21H14BrClN2O/c22-15-9-11-16(12-10-15)25-21(26)18-7-3-2-6-17(18)20(24-25)13-14-5-1-4-8-19(14)23/h1-12H,13H2. The molecule has 0 aliphatic carbocycles. The molecule has 0 unspecified atom stereocenters. The Bertz CT molecular complexity index is 1150. The van der Waals surface area contributed by atoms with Gasteiger partial charge >= 0.3 is 0 Å². The number of benzene rings is 3. The van der Waals surface area contributed by atoms with Gasteiger partial charge in [-0.15, -0.1) is 0 Å². The minimum absolute atomic E-state index is 0.133. The van der Waals surface area contributed by atoms with Gasteiger partial charge in [-0.05, 0) is 42.0 Å². The molecule has 0 amide bonds. The maximum Gasteiger partial charge on any atom is 0.279 e. The van der Waals surface area contributed by atoms with Crippen molar-refractivity contribution in [3.8, 4) is 5.69 Å². The van der Waals surface area contributed by atoms with Crippen LogP contribution >= 0.6 is 27.5 Å². The molecule has 0 N–H and O–H groups in total. The van der Waals surface area contributed by atoms with Crippen molar-refractivity contribution < 1.29 is 0 Å². The van der Waals surface area contributed by atoms with Gasteiger partial charge < -0.3 is 0 Å². The summed E-state index contributed by atoms with van der Waals surface area (Å²) >= 11 is 9.75. The molecular formula is C21H14BrClN2O. The van der Waals surface area contributed by atoms with Crippen molar-refractivity contribution in [2.45, 2.75) is 6.42 Å². The van der Waals surface area contributed by atoms with Crippen molar-refractivity contribution in [1.29, 1.82) is 0 Å². The summed E-state index contributed by atoms with van der Waals surface area (Å²) in [5, 5.41) is 6.86.